The fraction of sp³-hybridized carbons (Fsp3) is 0.625. The first kappa shape index (κ1) is 14.2. The second kappa shape index (κ2) is 6.80. The molecule has 1 aliphatic heterocycles. The van der Waals surface area contributed by atoms with Gasteiger partial charge in [-0.25, -0.2) is 0 Å². The molecule has 1 fully saturated rings. The summed E-state index contributed by atoms with van der Waals surface area (Å²) in [5.41, 5.74) is 2.66. The summed E-state index contributed by atoms with van der Waals surface area (Å²) in [6, 6.07) is 6.48. The Labute approximate surface area is 116 Å². The number of benzene rings is 1. The molecule has 1 N–H and O–H groups in total. The van der Waals surface area contributed by atoms with Crippen LogP contribution in [0.3, 0.4) is 0 Å². The number of rotatable bonds is 4. The Hall–Kier alpha value is -1.22. The van der Waals surface area contributed by atoms with Crippen LogP contribution in [0.15, 0.2) is 18.2 Å². The van der Waals surface area contributed by atoms with E-state index in [1.165, 1.54) is 17.7 Å². The Balaban J connectivity index is 2.09. The van der Waals surface area contributed by atoms with Crippen LogP contribution in [0.2, 0.25) is 0 Å². The lowest BCUT2D eigenvalue weighted by Gasteiger charge is -2.25. The summed E-state index contributed by atoms with van der Waals surface area (Å²) < 4.78 is 5.88. The Bertz CT molecular complexity index is 398. The number of nitrogens with one attached hydrogen (secondary N) is 1. The molecule has 0 aliphatic carbocycles. The van der Waals surface area contributed by atoms with Crippen molar-refractivity contribution in [3.63, 3.8) is 0 Å². The Morgan fingerprint density at radius 2 is 2.16 bits per heavy atom. The van der Waals surface area contributed by atoms with Gasteiger partial charge in [0, 0.05) is 25.3 Å². The van der Waals surface area contributed by atoms with Crippen LogP contribution in [0.4, 0.5) is 5.69 Å². The van der Waals surface area contributed by atoms with Gasteiger partial charge in [0.05, 0.1) is 6.10 Å². The molecule has 1 aromatic carbocycles. The van der Waals surface area contributed by atoms with Gasteiger partial charge in [-0.05, 0) is 57.0 Å². The van der Waals surface area contributed by atoms with Gasteiger partial charge in [-0.15, -0.1) is 0 Å². The van der Waals surface area contributed by atoms with E-state index in [-0.39, 0.29) is 6.10 Å². The van der Waals surface area contributed by atoms with E-state index < -0.39 is 0 Å². The lowest BCUT2D eigenvalue weighted by Crippen LogP contribution is -2.28. The van der Waals surface area contributed by atoms with Crippen LogP contribution in [0.5, 0.6) is 5.75 Å². The van der Waals surface area contributed by atoms with Gasteiger partial charge >= 0.3 is 0 Å². The zero-order chi connectivity index (χ0) is 13.7. The quantitative estimate of drug-likeness (QED) is 0.903. The molecule has 3 heteroatoms. The van der Waals surface area contributed by atoms with Gasteiger partial charge in [0.25, 0.3) is 0 Å². The number of aryl methyl sites for hydroxylation is 1. The fourth-order valence-corrected chi connectivity index (χ4v) is 2.46. The molecule has 3 nitrogen and oxygen atoms in total. The second-order valence-corrected chi connectivity index (χ2v) is 5.38. The maximum Gasteiger partial charge on any atom is 0.120 e. The summed E-state index contributed by atoms with van der Waals surface area (Å²) >= 11 is 0. The lowest BCUT2D eigenvalue weighted by molar-refractivity contribution is 0.217. The molecule has 1 saturated heterocycles. The van der Waals surface area contributed by atoms with Crippen LogP contribution >= 0.6 is 0 Å². The minimum Gasteiger partial charge on any atom is -0.491 e. The monoisotopic (exact) mass is 262 g/mol. The molecule has 2 rings (SSSR count). The van der Waals surface area contributed by atoms with Gasteiger partial charge in [0.2, 0.25) is 0 Å². The van der Waals surface area contributed by atoms with Gasteiger partial charge in [0.1, 0.15) is 5.75 Å². The van der Waals surface area contributed by atoms with E-state index in [2.05, 4.69) is 49.2 Å². The average molecular weight is 262 g/mol. The van der Waals surface area contributed by atoms with E-state index in [4.69, 9.17) is 4.74 Å². The SMILES string of the molecule is CCC(C)Oc1ccc(N2CCCNCC2)c(C)c1. The third-order valence-electron chi connectivity index (χ3n) is 3.76. The molecule has 1 atom stereocenters. The number of hydrogen-bond acceptors (Lipinski definition) is 3. The van der Waals surface area contributed by atoms with Crippen molar-refractivity contribution in [1.82, 2.24) is 5.32 Å². The van der Waals surface area contributed by atoms with E-state index in [0.717, 1.165) is 38.3 Å². The van der Waals surface area contributed by atoms with Gasteiger partial charge in [-0.2, -0.15) is 0 Å². The van der Waals surface area contributed by atoms with Gasteiger partial charge in [0.15, 0.2) is 0 Å². The molecule has 106 valence electrons. The van der Waals surface area contributed by atoms with Crippen LogP contribution in [-0.2, 0) is 0 Å². The van der Waals surface area contributed by atoms with Crippen LogP contribution in [0.1, 0.15) is 32.3 Å². The average Bonchev–Trinajstić information content (AvgIpc) is 2.67. The number of hydrogen-bond donors (Lipinski definition) is 1. The van der Waals surface area contributed by atoms with Crippen LogP contribution in [-0.4, -0.2) is 32.3 Å². The molecule has 0 aromatic heterocycles. The Kier molecular flexibility index (Phi) is 5.08. The van der Waals surface area contributed by atoms with E-state index in [0.29, 0.717) is 0 Å². The number of nitrogens with zero attached hydrogens (tertiary/aromatic N) is 1. The van der Waals surface area contributed by atoms with Crippen molar-refractivity contribution in [3.8, 4) is 5.75 Å². The summed E-state index contributed by atoms with van der Waals surface area (Å²) in [6.07, 6.45) is 2.54. The highest BCUT2D eigenvalue weighted by Gasteiger charge is 2.12. The zero-order valence-corrected chi connectivity index (χ0v) is 12.4. The van der Waals surface area contributed by atoms with Crippen LogP contribution in [0, 0.1) is 6.92 Å². The fourth-order valence-electron chi connectivity index (χ4n) is 2.46. The smallest absolute Gasteiger partial charge is 0.120 e. The minimum absolute atomic E-state index is 0.285. The van der Waals surface area contributed by atoms with Gasteiger partial charge in [-0.3, -0.25) is 0 Å². The van der Waals surface area contributed by atoms with Crippen molar-refractivity contribution in [2.75, 3.05) is 31.1 Å². The molecule has 1 heterocycles. The standard InChI is InChI=1S/C16H26N2O/c1-4-14(3)19-15-6-7-16(13(2)12-15)18-10-5-8-17-9-11-18/h6-7,12,14,17H,4-5,8-11H2,1-3H3. The predicted molar refractivity (Wildman–Crippen MR) is 81.3 cm³/mol. The topological polar surface area (TPSA) is 24.5 Å². The molecule has 1 aliphatic rings. The van der Waals surface area contributed by atoms with Gasteiger partial charge in [-0.1, -0.05) is 6.92 Å². The summed E-state index contributed by atoms with van der Waals surface area (Å²) in [4.78, 5) is 2.47. The predicted octanol–water partition coefficient (Wildman–Crippen LogP) is 2.97. The van der Waals surface area contributed by atoms with E-state index in [1.54, 1.807) is 0 Å². The van der Waals surface area contributed by atoms with Crippen molar-refractivity contribution < 1.29 is 4.74 Å². The molecular formula is C16H26N2O. The molecule has 0 bridgehead atoms. The number of anilines is 1. The first-order valence-corrected chi connectivity index (χ1v) is 7.43. The number of ether oxygens (including phenoxy) is 1. The summed E-state index contributed by atoms with van der Waals surface area (Å²) in [6.45, 7) is 10.9. The maximum atomic E-state index is 5.88. The largest absolute Gasteiger partial charge is 0.491 e. The molecule has 1 aromatic rings. The first-order valence-electron chi connectivity index (χ1n) is 7.43. The van der Waals surface area contributed by atoms with E-state index in [9.17, 15) is 0 Å². The summed E-state index contributed by atoms with van der Waals surface area (Å²) in [5, 5.41) is 3.45. The highest BCUT2D eigenvalue weighted by molar-refractivity contribution is 5.56. The molecule has 1 unspecified atom stereocenters. The van der Waals surface area contributed by atoms with Crippen molar-refractivity contribution in [2.45, 2.75) is 39.7 Å². The summed E-state index contributed by atoms with van der Waals surface area (Å²) in [7, 11) is 0. The molecular weight excluding hydrogens is 236 g/mol. The highest BCUT2D eigenvalue weighted by atomic mass is 16.5. The van der Waals surface area contributed by atoms with Crippen molar-refractivity contribution in [1.29, 1.82) is 0 Å². The first-order chi connectivity index (χ1) is 9.20. The van der Waals surface area contributed by atoms with Crippen LogP contribution < -0.4 is 15.0 Å². The van der Waals surface area contributed by atoms with Crippen LogP contribution in [0.25, 0.3) is 0 Å². The molecule has 0 radical (unpaired) electrons. The Morgan fingerprint density at radius 1 is 1.32 bits per heavy atom. The Morgan fingerprint density at radius 3 is 2.89 bits per heavy atom. The molecule has 0 saturated carbocycles. The molecule has 19 heavy (non-hydrogen) atoms. The van der Waals surface area contributed by atoms with Crippen molar-refractivity contribution in [3.05, 3.63) is 23.8 Å². The lowest BCUT2D eigenvalue weighted by atomic mass is 10.1. The van der Waals surface area contributed by atoms with Gasteiger partial charge < -0.3 is 15.0 Å². The third kappa shape index (κ3) is 3.87. The normalized spacial score (nSPS) is 17.9. The van der Waals surface area contributed by atoms with E-state index in [1.807, 2.05) is 0 Å². The maximum absolute atomic E-state index is 5.88. The summed E-state index contributed by atoms with van der Waals surface area (Å²) in [5.74, 6) is 0.989. The van der Waals surface area contributed by atoms with Crippen molar-refractivity contribution >= 4 is 5.69 Å². The molecule has 0 spiro atoms. The highest BCUT2D eigenvalue weighted by Crippen LogP contribution is 2.26. The molecule has 0 amide bonds. The second-order valence-electron chi connectivity index (χ2n) is 5.38. The zero-order valence-electron chi connectivity index (χ0n) is 12.4. The minimum atomic E-state index is 0.285. The third-order valence-corrected chi connectivity index (χ3v) is 3.76. The van der Waals surface area contributed by atoms with Crippen molar-refractivity contribution in [2.24, 2.45) is 0 Å². The van der Waals surface area contributed by atoms with E-state index >= 15 is 0 Å².